The fourth-order valence-electron chi connectivity index (χ4n) is 2.43. The van der Waals surface area contributed by atoms with Gasteiger partial charge in [-0.05, 0) is 37.4 Å². The van der Waals surface area contributed by atoms with Gasteiger partial charge in [0.25, 0.3) is 0 Å². The molecule has 18 heavy (non-hydrogen) atoms. The minimum Gasteiger partial charge on any atom is -0.357 e. The number of aromatic nitrogens is 1. The van der Waals surface area contributed by atoms with E-state index in [-0.39, 0.29) is 5.91 Å². The van der Waals surface area contributed by atoms with Gasteiger partial charge in [0.2, 0.25) is 5.91 Å². The van der Waals surface area contributed by atoms with E-state index in [1.807, 2.05) is 30.1 Å². The van der Waals surface area contributed by atoms with Gasteiger partial charge in [-0.25, -0.2) is 0 Å². The largest absolute Gasteiger partial charge is 0.357 e. The maximum absolute atomic E-state index is 11.7. The summed E-state index contributed by atoms with van der Waals surface area (Å²) in [5.74, 6) is 0.159. The zero-order valence-corrected chi connectivity index (χ0v) is 11.1. The molecular weight excluding hydrogens is 226 g/mol. The van der Waals surface area contributed by atoms with Crippen LogP contribution in [0.15, 0.2) is 18.5 Å². The predicted molar refractivity (Wildman–Crippen MR) is 72.1 cm³/mol. The second-order valence-electron chi connectivity index (χ2n) is 5.15. The van der Waals surface area contributed by atoms with Gasteiger partial charge in [0, 0.05) is 38.4 Å². The zero-order valence-electron chi connectivity index (χ0n) is 11.1. The second-order valence-corrected chi connectivity index (χ2v) is 5.15. The van der Waals surface area contributed by atoms with Crippen LogP contribution in [0, 0.1) is 0 Å². The molecule has 0 bridgehead atoms. The monoisotopic (exact) mass is 249 g/mol. The Morgan fingerprint density at radius 3 is 3.11 bits per heavy atom. The molecule has 1 amide bonds. The minimum absolute atomic E-state index is 0.159. The maximum Gasteiger partial charge on any atom is 0.220 e. The van der Waals surface area contributed by atoms with Crippen molar-refractivity contribution < 1.29 is 4.79 Å². The van der Waals surface area contributed by atoms with Gasteiger partial charge in [0.1, 0.15) is 0 Å². The summed E-state index contributed by atoms with van der Waals surface area (Å²) in [7, 11) is 1.99. The number of nitrogens with zero attached hydrogens (tertiary/aromatic N) is 1. The summed E-state index contributed by atoms with van der Waals surface area (Å²) < 4.78 is 1.99. The first-order chi connectivity index (χ1) is 8.74. The molecule has 1 aromatic heterocycles. The molecule has 0 aliphatic carbocycles. The Labute approximate surface area is 109 Å². The number of carbonyl (C=O) groups excluding carboxylic acids is 1. The molecule has 0 spiro atoms. The third-order valence-electron chi connectivity index (χ3n) is 3.52. The Morgan fingerprint density at radius 2 is 2.44 bits per heavy atom. The van der Waals surface area contributed by atoms with Crippen molar-refractivity contribution in [2.24, 2.45) is 7.05 Å². The van der Waals surface area contributed by atoms with E-state index < -0.39 is 0 Å². The lowest BCUT2D eigenvalue weighted by molar-refractivity contribution is -0.121. The summed E-state index contributed by atoms with van der Waals surface area (Å²) in [6.45, 7) is 1.74. The molecule has 1 fully saturated rings. The van der Waals surface area contributed by atoms with E-state index in [0.29, 0.717) is 19.0 Å². The highest BCUT2D eigenvalue weighted by Gasteiger charge is 2.13. The zero-order chi connectivity index (χ0) is 12.8. The van der Waals surface area contributed by atoms with Crippen LogP contribution in [0.1, 0.15) is 37.7 Å². The van der Waals surface area contributed by atoms with Crippen molar-refractivity contribution in [3.8, 4) is 0 Å². The molecule has 4 heteroatoms. The van der Waals surface area contributed by atoms with E-state index in [0.717, 1.165) is 18.5 Å². The summed E-state index contributed by atoms with van der Waals surface area (Å²) in [5, 5.41) is 6.44. The summed E-state index contributed by atoms with van der Waals surface area (Å²) in [6, 6.07) is 2.57. The van der Waals surface area contributed by atoms with Gasteiger partial charge in [0.05, 0.1) is 0 Å². The quantitative estimate of drug-likeness (QED) is 0.832. The molecule has 4 nitrogen and oxygen atoms in total. The maximum atomic E-state index is 11.7. The van der Waals surface area contributed by atoms with Gasteiger partial charge in [0.15, 0.2) is 0 Å². The molecule has 2 rings (SSSR count). The molecule has 0 saturated carbocycles. The number of carbonyl (C=O) groups is 1. The standard InChI is InChI=1S/C14H23N3O/c1-17-9-7-12(11-17)10-16-14(18)6-5-13-4-2-3-8-15-13/h7,9,11,13,15H,2-6,8,10H2,1H3,(H,16,18). The molecule has 2 heterocycles. The van der Waals surface area contributed by atoms with Crippen LogP contribution in [-0.4, -0.2) is 23.1 Å². The number of rotatable bonds is 5. The molecule has 1 aliphatic heterocycles. The van der Waals surface area contributed by atoms with Crippen LogP contribution in [0.25, 0.3) is 0 Å². The molecule has 1 unspecified atom stereocenters. The van der Waals surface area contributed by atoms with E-state index in [1.54, 1.807) is 0 Å². The first kappa shape index (κ1) is 13.1. The van der Waals surface area contributed by atoms with E-state index >= 15 is 0 Å². The highest BCUT2D eigenvalue weighted by atomic mass is 16.1. The molecule has 1 aromatic rings. The Balaban J connectivity index is 1.62. The third kappa shape index (κ3) is 4.18. The highest BCUT2D eigenvalue weighted by molar-refractivity contribution is 5.75. The van der Waals surface area contributed by atoms with E-state index in [4.69, 9.17) is 0 Å². The van der Waals surface area contributed by atoms with E-state index in [9.17, 15) is 4.79 Å². The summed E-state index contributed by atoms with van der Waals surface area (Å²) in [4.78, 5) is 11.7. The lowest BCUT2D eigenvalue weighted by Crippen LogP contribution is -2.35. The lowest BCUT2D eigenvalue weighted by atomic mass is 10.0. The van der Waals surface area contributed by atoms with Crippen LogP contribution < -0.4 is 10.6 Å². The van der Waals surface area contributed by atoms with Crippen LogP contribution in [-0.2, 0) is 18.4 Å². The third-order valence-corrected chi connectivity index (χ3v) is 3.52. The van der Waals surface area contributed by atoms with Gasteiger partial charge in [-0.3, -0.25) is 4.79 Å². The van der Waals surface area contributed by atoms with Crippen molar-refractivity contribution in [3.05, 3.63) is 24.0 Å². The van der Waals surface area contributed by atoms with Crippen LogP contribution in [0.3, 0.4) is 0 Å². The van der Waals surface area contributed by atoms with Gasteiger partial charge in [-0.1, -0.05) is 6.42 Å². The van der Waals surface area contributed by atoms with Crippen molar-refractivity contribution in [3.63, 3.8) is 0 Å². The van der Waals surface area contributed by atoms with Gasteiger partial charge >= 0.3 is 0 Å². The Bertz CT molecular complexity index is 380. The number of hydrogen-bond donors (Lipinski definition) is 2. The SMILES string of the molecule is Cn1ccc(CNC(=O)CCC2CCCCN2)c1. The number of nitrogens with one attached hydrogen (secondary N) is 2. The number of piperidine rings is 1. The van der Waals surface area contributed by atoms with Crippen molar-refractivity contribution in [1.29, 1.82) is 0 Å². The first-order valence-electron chi connectivity index (χ1n) is 6.85. The van der Waals surface area contributed by atoms with Crippen molar-refractivity contribution in [2.75, 3.05) is 6.54 Å². The number of hydrogen-bond acceptors (Lipinski definition) is 2. The topological polar surface area (TPSA) is 46.1 Å². The number of amides is 1. The molecule has 100 valence electrons. The Kier molecular flexibility index (Phi) is 4.81. The summed E-state index contributed by atoms with van der Waals surface area (Å²) in [6.07, 6.45) is 9.40. The molecular formula is C14H23N3O. The predicted octanol–water partition coefficient (Wildman–Crippen LogP) is 1.56. The smallest absolute Gasteiger partial charge is 0.220 e. The van der Waals surface area contributed by atoms with Gasteiger partial charge in [-0.2, -0.15) is 0 Å². The van der Waals surface area contributed by atoms with Crippen LogP contribution in [0.4, 0.5) is 0 Å². The van der Waals surface area contributed by atoms with E-state index in [2.05, 4.69) is 10.6 Å². The Hall–Kier alpha value is -1.29. The first-order valence-corrected chi connectivity index (χ1v) is 6.85. The normalized spacial score (nSPS) is 19.7. The number of aryl methyl sites for hydroxylation is 1. The summed E-state index contributed by atoms with van der Waals surface area (Å²) >= 11 is 0. The minimum atomic E-state index is 0.159. The molecule has 1 aliphatic rings. The van der Waals surface area contributed by atoms with Crippen LogP contribution in [0.5, 0.6) is 0 Å². The summed E-state index contributed by atoms with van der Waals surface area (Å²) in [5.41, 5.74) is 1.15. The van der Waals surface area contributed by atoms with Gasteiger partial charge in [-0.15, -0.1) is 0 Å². The van der Waals surface area contributed by atoms with E-state index in [1.165, 1.54) is 19.3 Å². The van der Waals surface area contributed by atoms with Crippen LogP contribution >= 0.6 is 0 Å². The van der Waals surface area contributed by atoms with Crippen molar-refractivity contribution in [2.45, 2.75) is 44.7 Å². The van der Waals surface area contributed by atoms with Crippen LogP contribution in [0.2, 0.25) is 0 Å². The van der Waals surface area contributed by atoms with Crippen molar-refractivity contribution in [1.82, 2.24) is 15.2 Å². The Morgan fingerprint density at radius 1 is 1.56 bits per heavy atom. The average Bonchev–Trinajstić information content (AvgIpc) is 2.81. The second kappa shape index (κ2) is 6.59. The highest BCUT2D eigenvalue weighted by Crippen LogP contribution is 2.11. The molecule has 2 N–H and O–H groups in total. The molecule has 1 saturated heterocycles. The lowest BCUT2D eigenvalue weighted by Gasteiger charge is -2.23. The molecule has 0 aromatic carbocycles. The van der Waals surface area contributed by atoms with Crippen molar-refractivity contribution >= 4 is 5.91 Å². The van der Waals surface area contributed by atoms with Gasteiger partial charge < -0.3 is 15.2 Å². The fraction of sp³-hybridized carbons (Fsp3) is 0.643. The fourth-order valence-corrected chi connectivity index (χ4v) is 2.43. The average molecular weight is 249 g/mol. The molecule has 0 radical (unpaired) electrons. The molecule has 1 atom stereocenters.